The van der Waals surface area contributed by atoms with Crippen molar-refractivity contribution in [3.63, 3.8) is 0 Å². The minimum atomic E-state index is -0.422. The van der Waals surface area contributed by atoms with Gasteiger partial charge in [-0.1, -0.05) is 6.07 Å². The lowest BCUT2D eigenvalue weighted by molar-refractivity contribution is -0.0720. The number of ether oxygens (including phenoxy) is 3. The standard InChI is InChI=1S/C16H23NO4/c1-4-19-16(18)13-6-5-7-14(15(13)17)21-12-8-10(2)20-11(3)9-12/h5-7,10-12H,4,8-9,17H2,1-3H3. The highest BCUT2D eigenvalue weighted by Gasteiger charge is 2.26. The van der Waals surface area contributed by atoms with E-state index in [0.717, 1.165) is 12.8 Å². The van der Waals surface area contributed by atoms with Crippen LogP contribution in [0.2, 0.25) is 0 Å². The smallest absolute Gasteiger partial charge is 0.340 e. The number of carbonyl (C=O) groups is 1. The molecule has 0 saturated carbocycles. The fraction of sp³-hybridized carbons (Fsp3) is 0.562. The Morgan fingerprint density at radius 2 is 2.00 bits per heavy atom. The van der Waals surface area contributed by atoms with E-state index in [4.69, 9.17) is 19.9 Å². The van der Waals surface area contributed by atoms with Crippen molar-refractivity contribution in [3.8, 4) is 5.75 Å². The van der Waals surface area contributed by atoms with E-state index in [-0.39, 0.29) is 18.3 Å². The normalized spacial score (nSPS) is 25.4. The third kappa shape index (κ3) is 3.88. The highest BCUT2D eigenvalue weighted by atomic mass is 16.5. The Morgan fingerprint density at radius 1 is 1.33 bits per heavy atom. The number of benzene rings is 1. The van der Waals surface area contributed by atoms with Crippen LogP contribution >= 0.6 is 0 Å². The number of carbonyl (C=O) groups excluding carboxylic acids is 1. The highest BCUT2D eigenvalue weighted by molar-refractivity contribution is 5.96. The fourth-order valence-electron chi connectivity index (χ4n) is 2.65. The molecule has 0 bridgehead atoms. The Balaban J connectivity index is 2.13. The molecule has 1 saturated heterocycles. The molecule has 2 rings (SSSR count). The van der Waals surface area contributed by atoms with Gasteiger partial charge in [0.1, 0.15) is 11.9 Å². The van der Waals surface area contributed by atoms with Crippen LogP contribution in [0.25, 0.3) is 0 Å². The molecule has 1 fully saturated rings. The average molecular weight is 293 g/mol. The van der Waals surface area contributed by atoms with Crippen LogP contribution in [0, 0.1) is 0 Å². The van der Waals surface area contributed by atoms with Crippen LogP contribution in [-0.2, 0) is 9.47 Å². The Labute approximate surface area is 125 Å². The zero-order valence-electron chi connectivity index (χ0n) is 12.8. The van der Waals surface area contributed by atoms with Crippen molar-refractivity contribution in [1.82, 2.24) is 0 Å². The zero-order chi connectivity index (χ0) is 15.4. The summed E-state index contributed by atoms with van der Waals surface area (Å²) in [5.41, 5.74) is 6.73. The molecular weight excluding hydrogens is 270 g/mol. The maximum absolute atomic E-state index is 11.8. The van der Waals surface area contributed by atoms with E-state index < -0.39 is 5.97 Å². The molecule has 0 radical (unpaired) electrons. The maximum Gasteiger partial charge on any atom is 0.340 e. The molecule has 5 nitrogen and oxygen atoms in total. The molecule has 1 aliphatic heterocycles. The summed E-state index contributed by atoms with van der Waals surface area (Å²) in [7, 11) is 0. The van der Waals surface area contributed by atoms with Crippen molar-refractivity contribution in [2.45, 2.75) is 51.9 Å². The van der Waals surface area contributed by atoms with E-state index in [1.807, 2.05) is 13.8 Å². The van der Waals surface area contributed by atoms with Crippen LogP contribution < -0.4 is 10.5 Å². The summed E-state index contributed by atoms with van der Waals surface area (Å²) in [5, 5.41) is 0. The van der Waals surface area contributed by atoms with Crippen molar-refractivity contribution < 1.29 is 19.0 Å². The number of rotatable bonds is 4. The van der Waals surface area contributed by atoms with Crippen LogP contribution in [-0.4, -0.2) is 30.9 Å². The summed E-state index contributed by atoms with van der Waals surface area (Å²) in [6, 6.07) is 5.18. The van der Waals surface area contributed by atoms with Gasteiger partial charge in [0, 0.05) is 12.8 Å². The summed E-state index contributed by atoms with van der Waals surface area (Å²) in [4.78, 5) is 11.8. The molecule has 2 N–H and O–H groups in total. The third-order valence-electron chi connectivity index (χ3n) is 3.51. The predicted octanol–water partition coefficient (Wildman–Crippen LogP) is 2.78. The van der Waals surface area contributed by atoms with E-state index in [0.29, 0.717) is 23.6 Å². The average Bonchev–Trinajstić information content (AvgIpc) is 2.40. The summed E-state index contributed by atoms with van der Waals surface area (Å²) in [5.74, 6) is 0.112. The van der Waals surface area contributed by atoms with E-state index in [9.17, 15) is 4.79 Å². The van der Waals surface area contributed by atoms with Crippen LogP contribution in [0.4, 0.5) is 5.69 Å². The van der Waals surface area contributed by atoms with Crippen molar-refractivity contribution in [1.29, 1.82) is 0 Å². The molecule has 1 aromatic rings. The Hall–Kier alpha value is -1.75. The first kappa shape index (κ1) is 15.6. The molecule has 1 heterocycles. The molecular formula is C16H23NO4. The fourth-order valence-corrected chi connectivity index (χ4v) is 2.65. The summed E-state index contributed by atoms with van der Waals surface area (Å²) >= 11 is 0. The van der Waals surface area contributed by atoms with Gasteiger partial charge in [-0.2, -0.15) is 0 Å². The van der Waals surface area contributed by atoms with Gasteiger partial charge in [-0.15, -0.1) is 0 Å². The minimum Gasteiger partial charge on any atom is -0.488 e. The van der Waals surface area contributed by atoms with Gasteiger partial charge in [-0.05, 0) is 32.9 Å². The number of nitrogen functional groups attached to an aromatic ring is 1. The van der Waals surface area contributed by atoms with Gasteiger partial charge in [0.2, 0.25) is 0 Å². The van der Waals surface area contributed by atoms with E-state index in [2.05, 4.69) is 0 Å². The molecule has 0 amide bonds. The van der Waals surface area contributed by atoms with Gasteiger partial charge in [-0.25, -0.2) is 4.79 Å². The largest absolute Gasteiger partial charge is 0.488 e. The quantitative estimate of drug-likeness (QED) is 0.682. The molecule has 0 spiro atoms. The molecule has 0 aromatic heterocycles. The van der Waals surface area contributed by atoms with Gasteiger partial charge in [0.05, 0.1) is 30.1 Å². The van der Waals surface area contributed by atoms with Crippen LogP contribution in [0.5, 0.6) is 5.75 Å². The van der Waals surface area contributed by atoms with Gasteiger partial charge in [-0.3, -0.25) is 0 Å². The SMILES string of the molecule is CCOC(=O)c1cccc(OC2CC(C)OC(C)C2)c1N. The zero-order valence-corrected chi connectivity index (χ0v) is 12.8. The van der Waals surface area contributed by atoms with Crippen molar-refractivity contribution in [3.05, 3.63) is 23.8 Å². The number of esters is 1. The molecule has 0 aliphatic carbocycles. The van der Waals surface area contributed by atoms with Gasteiger partial charge >= 0.3 is 5.97 Å². The minimum absolute atomic E-state index is 0.0449. The van der Waals surface area contributed by atoms with Crippen LogP contribution in [0.3, 0.4) is 0 Å². The summed E-state index contributed by atoms with van der Waals surface area (Å²) in [6.07, 6.45) is 1.99. The van der Waals surface area contributed by atoms with Crippen LogP contribution in [0.1, 0.15) is 44.0 Å². The summed E-state index contributed by atoms with van der Waals surface area (Å²) < 4.78 is 16.7. The molecule has 116 valence electrons. The molecule has 1 aromatic carbocycles. The Kier molecular flexibility index (Phi) is 5.07. The Morgan fingerprint density at radius 3 is 2.62 bits per heavy atom. The van der Waals surface area contributed by atoms with E-state index in [1.54, 1.807) is 25.1 Å². The monoisotopic (exact) mass is 293 g/mol. The second-order valence-electron chi connectivity index (χ2n) is 5.41. The van der Waals surface area contributed by atoms with Crippen molar-refractivity contribution >= 4 is 11.7 Å². The molecule has 2 unspecified atom stereocenters. The number of nitrogens with two attached hydrogens (primary N) is 1. The van der Waals surface area contributed by atoms with Crippen molar-refractivity contribution in [2.75, 3.05) is 12.3 Å². The Bertz CT molecular complexity index is 493. The summed E-state index contributed by atoms with van der Waals surface area (Å²) in [6.45, 7) is 6.15. The molecule has 2 atom stereocenters. The lowest BCUT2D eigenvalue weighted by Crippen LogP contribution is -2.35. The molecule has 1 aliphatic rings. The topological polar surface area (TPSA) is 70.8 Å². The highest BCUT2D eigenvalue weighted by Crippen LogP contribution is 2.30. The van der Waals surface area contributed by atoms with Gasteiger partial charge in [0.25, 0.3) is 0 Å². The number of anilines is 1. The van der Waals surface area contributed by atoms with Gasteiger partial charge in [0.15, 0.2) is 0 Å². The lowest BCUT2D eigenvalue weighted by Gasteiger charge is -2.32. The molecule has 5 heteroatoms. The second-order valence-corrected chi connectivity index (χ2v) is 5.41. The van der Waals surface area contributed by atoms with Crippen molar-refractivity contribution in [2.24, 2.45) is 0 Å². The number of para-hydroxylation sites is 1. The predicted molar refractivity (Wildman–Crippen MR) is 80.5 cm³/mol. The second kappa shape index (κ2) is 6.80. The first-order valence-corrected chi connectivity index (χ1v) is 7.39. The third-order valence-corrected chi connectivity index (χ3v) is 3.51. The lowest BCUT2D eigenvalue weighted by atomic mass is 10.0. The van der Waals surface area contributed by atoms with E-state index in [1.165, 1.54) is 0 Å². The first-order valence-electron chi connectivity index (χ1n) is 7.39. The van der Waals surface area contributed by atoms with Crippen LogP contribution in [0.15, 0.2) is 18.2 Å². The number of hydrogen-bond acceptors (Lipinski definition) is 5. The van der Waals surface area contributed by atoms with Gasteiger partial charge < -0.3 is 19.9 Å². The molecule has 21 heavy (non-hydrogen) atoms. The number of hydrogen-bond donors (Lipinski definition) is 1. The maximum atomic E-state index is 11.8. The first-order chi connectivity index (χ1) is 10.0. The van der Waals surface area contributed by atoms with E-state index >= 15 is 0 Å².